The van der Waals surface area contributed by atoms with Gasteiger partial charge in [0.05, 0.1) is 17.7 Å². The number of piperidine rings is 1. The summed E-state index contributed by atoms with van der Waals surface area (Å²) in [5, 5.41) is 2.67. The molecule has 0 saturated carbocycles. The molecule has 2 amide bonds. The fraction of sp³-hybridized carbons (Fsp3) is 0.364. The Kier molecular flexibility index (Phi) is 6.64. The molecular formula is C22H23F3N2O3. The third kappa shape index (κ3) is 5.11. The number of hydrogen-bond donors (Lipinski definition) is 1. The van der Waals surface area contributed by atoms with E-state index in [1.807, 2.05) is 6.92 Å². The van der Waals surface area contributed by atoms with E-state index in [1.165, 1.54) is 18.2 Å². The van der Waals surface area contributed by atoms with Crippen LogP contribution in [-0.2, 0) is 6.18 Å². The van der Waals surface area contributed by atoms with E-state index in [9.17, 15) is 22.8 Å². The van der Waals surface area contributed by atoms with Gasteiger partial charge >= 0.3 is 6.18 Å². The van der Waals surface area contributed by atoms with Crippen LogP contribution in [0, 0.1) is 0 Å². The number of carbonyl (C=O) groups excluding carboxylic acids is 2. The van der Waals surface area contributed by atoms with Gasteiger partial charge in [0, 0.05) is 24.7 Å². The van der Waals surface area contributed by atoms with E-state index in [2.05, 4.69) is 5.32 Å². The number of amides is 2. The highest BCUT2D eigenvalue weighted by atomic mass is 19.4. The third-order valence-electron chi connectivity index (χ3n) is 5.01. The molecule has 0 spiro atoms. The van der Waals surface area contributed by atoms with Crippen LogP contribution in [0.5, 0.6) is 5.75 Å². The second-order valence-corrected chi connectivity index (χ2v) is 7.04. The summed E-state index contributed by atoms with van der Waals surface area (Å²) in [4.78, 5) is 26.7. The summed E-state index contributed by atoms with van der Waals surface area (Å²) >= 11 is 0. The number of carbonyl (C=O) groups is 2. The first-order chi connectivity index (χ1) is 14.3. The second-order valence-electron chi connectivity index (χ2n) is 7.04. The Morgan fingerprint density at radius 2 is 1.70 bits per heavy atom. The molecule has 8 heteroatoms. The SMILES string of the molecule is CCOc1ccc(C(=O)N2CCC(NC(=O)c3ccccc3C(F)(F)F)CC2)cc1. The topological polar surface area (TPSA) is 58.6 Å². The summed E-state index contributed by atoms with van der Waals surface area (Å²) in [5.41, 5.74) is -0.802. The maximum atomic E-state index is 13.1. The molecule has 0 unspecified atom stereocenters. The van der Waals surface area contributed by atoms with E-state index in [0.29, 0.717) is 43.9 Å². The first-order valence-electron chi connectivity index (χ1n) is 9.79. The lowest BCUT2D eigenvalue weighted by molar-refractivity contribution is -0.137. The molecule has 1 aliphatic heterocycles. The van der Waals surface area contributed by atoms with Crippen LogP contribution in [0.15, 0.2) is 48.5 Å². The molecule has 5 nitrogen and oxygen atoms in total. The number of alkyl halides is 3. The zero-order chi connectivity index (χ0) is 21.7. The van der Waals surface area contributed by atoms with E-state index in [4.69, 9.17) is 4.74 Å². The zero-order valence-corrected chi connectivity index (χ0v) is 16.5. The fourth-order valence-electron chi connectivity index (χ4n) is 3.46. The van der Waals surface area contributed by atoms with E-state index >= 15 is 0 Å². The standard InChI is InChI=1S/C22H23F3N2O3/c1-2-30-17-9-7-15(8-10-17)21(29)27-13-11-16(12-14-27)26-20(28)18-5-3-4-6-19(18)22(23,24)25/h3-10,16H,2,11-14H2,1H3,(H,26,28). The number of hydrogen-bond acceptors (Lipinski definition) is 3. The number of rotatable bonds is 5. The van der Waals surface area contributed by atoms with Gasteiger partial charge in [-0.2, -0.15) is 13.2 Å². The number of nitrogens with zero attached hydrogens (tertiary/aromatic N) is 1. The van der Waals surface area contributed by atoms with Gasteiger partial charge in [-0.3, -0.25) is 9.59 Å². The van der Waals surface area contributed by atoms with Gasteiger partial charge < -0.3 is 15.0 Å². The van der Waals surface area contributed by atoms with Gasteiger partial charge in [-0.15, -0.1) is 0 Å². The Labute approximate surface area is 172 Å². The van der Waals surface area contributed by atoms with Crippen LogP contribution in [0.3, 0.4) is 0 Å². The molecule has 2 aromatic carbocycles. The Morgan fingerprint density at radius 3 is 2.30 bits per heavy atom. The van der Waals surface area contributed by atoms with Crippen LogP contribution in [0.2, 0.25) is 0 Å². The predicted molar refractivity (Wildman–Crippen MR) is 105 cm³/mol. The molecule has 2 aromatic rings. The maximum Gasteiger partial charge on any atom is 0.417 e. The molecule has 3 rings (SSSR count). The van der Waals surface area contributed by atoms with Crippen molar-refractivity contribution in [2.75, 3.05) is 19.7 Å². The molecule has 1 N–H and O–H groups in total. The van der Waals surface area contributed by atoms with Gasteiger partial charge in [0.2, 0.25) is 0 Å². The highest BCUT2D eigenvalue weighted by molar-refractivity contribution is 5.96. The monoisotopic (exact) mass is 420 g/mol. The highest BCUT2D eigenvalue weighted by Crippen LogP contribution is 2.32. The average molecular weight is 420 g/mol. The smallest absolute Gasteiger partial charge is 0.417 e. The molecular weight excluding hydrogens is 397 g/mol. The molecule has 30 heavy (non-hydrogen) atoms. The highest BCUT2D eigenvalue weighted by Gasteiger charge is 2.35. The van der Waals surface area contributed by atoms with Crippen molar-refractivity contribution in [2.45, 2.75) is 32.0 Å². The summed E-state index contributed by atoms with van der Waals surface area (Å²) in [6.07, 6.45) is -3.65. The molecule has 1 heterocycles. The molecule has 0 aliphatic carbocycles. The summed E-state index contributed by atoms with van der Waals surface area (Å²) in [5.74, 6) is -0.181. The largest absolute Gasteiger partial charge is 0.494 e. The van der Waals surface area contributed by atoms with E-state index in [-0.39, 0.29) is 11.9 Å². The molecule has 1 saturated heterocycles. The van der Waals surface area contributed by atoms with Crippen molar-refractivity contribution < 1.29 is 27.5 Å². The molecule has 0 bridgehead atoms. The summed E-state index contributed by atoms with van der Waals surface area (Å²) in [7, 11) is 0. The molecule has 1 fully saturated rings. The normalized spacial score (nSPS) is 15.0. The number of likely N-dealkylation sites (tertiary alicyclic amines) is 1. The van der Waals surface area contributed by atoms with Gasteiger partial charge in [-0.1, -0.05) is 12.1 Å². The van der Waals surface area contributed by atoms with Gasteiger partial charge in [0.1, 0.15) is 5.75 Å². The van der Waals surface area contributed by atoms with Crippen LogP contribution in [-0.4, -0.2) is 42.5 Å². The van der Waals surface area contributed by atoms with Crippen LogP contribution < -0.4 is 10.1 Å². The zero-order valence-electron chi connectivity index (χ0n) is 16.5. The Bertz CT molecular complexity index is 889. The van der Waals surface area contributed by atoms with E-state index in [1.54, 1.807) is 29.2 Å². The summed E-state index contributed by atoms with van der Waals surface area (Å²) in [6.45, 7) is 3.25. The fourth-order valence-corrected chi connectivity index (χ4v) is 3.46. The molecule has 0 atom stereocenters. The first kappa shape index (κ1) is 21.7. The second kappa shape index (κ2) is 9.19. The van der Waals surface area contributed by atoms with Crippen molar-refractivity contribution in [3.63, 3.8) is 0 Å². The van der Waals surface area contributed by atoms with Gasteiger partial charge in [-0.25, -0.2) is 0 Å². The average Bonchev–Trinajstić information content (AvgIpc) is 2.74. The van der Waals surface area contributed by atoms with E-state index < -0.39 is 23.2 Å². The predicted octanol–water partition coefficient (Wildman–Crippen LogP) is 4.14. The third-order valence-corrected chi connectivity index (χ3v) is 5.01. The Morgan fingerprint density at radius 1 is 1.07 bits per heavy atom. The summed E-state index contributed by atoms with van der Waals surface area (Å²) < 4.78 is 44.7. The van der Waals surface area contributed by atoms with Crippen molar-refractivity contribution in [3.05, 3.63) is 65.2 Å². The number of ether oxygens (including phenoxy) is 1. The molecule has 0 aromatic heterocycles. The van der Waals surface area contributed by atoms with Crippen LogP contribution in [0.1, 0.15) is 46.0 Å². The van der Waals surface area contributed by atoms with Crippen molar-refractivity contribution in [1.82, 2.24) is 10.2 Å². The minimum atomic E-state index is -4.60. The van der Waals surface area contributed by atoms with Crippen LogP contribution in [0.25, 0.3) is 0 Å². The lowest BCUT2D eigenvalue weighted by Gasteiger charge is -2.32. The van der Waals surface area contributed by atoms with Gasteiger partial charge in [-0.05, 0) is 56.2 Å². The number of halogens is 3. The lowest BCUT2D eigenvalue weighted by atomic mass is 10.0. The number of nitrogens with one attached hydrogen (secondary N) is 1. The number of benzene rings is 2. The Balaban J connectivity index is 1.57. The minimum absolute atomic E-state index is 0.120. The molecule has 1 aliphatic rings. The van der Waals surface area contributed by atoms with Crippen molar-refractivity contribution in [3.8, 4) is 5.75 Å². The molecule has 0 radical (unpaired) electrons. The van der Waals surface area contributed by atoms with Crippen molar-refractivity contribution >= 4 is 11.8 Å². The minimum Gasteiger partial charge on any atom is -0.494 e. The Hall–Kier alpha value is -3.03. The first-order valence-corrected chi connectivity index (χ1v) is 9.79. The van der Waals surface area contributed by atoms with E-state index in [0.717, 1.165) is 6.07 Å². The lowest BCUT2D eigenvalue weighted by Crippen LogP contribution is -2.46. The van der Waals surface area contributed by atoms with Crippen LogP contribution in [0.4, 0.5) is 13.2 Å². The van der Waals surface area contributed by atoms with Gasteiger partial charge in [0.15, 0.2) is 0 Å². The van der Waals surface area contributed by atoms with Crippen molar-refractivity contribution in [1.29, 1.82) is 0 Å². The maximum absolute atomic E-state index is 13.1. The van der Waals surface area contributed by atoms with Crippen molar-refractivity contribution in [2.24, 2.45) is 0 Å². The van der Waals surface area contributed by atoms with Gasteiger partial charge in [0.25, 0.3) is 11.8 Å². The quantitative estimate of drug-likeness (QED) is 0.791. The summed E-state index contributed by atoms with van der Waals surface area (Å²) in [6, 6.07) is 11.3. The van der Waals surface area contributed by atoms with Crippen LogP contribution >= 0.6 is 0 Å². The molecule has 160 valence electrons.